The second kappa shape index (κ2) is 7.77. The molecule has 0 saturated carbocycles. The number of carbonyl (C=O) groups excluding carboxylic acids is 1. The van der Waals surface area contributed by atoms with Crippen LogP contribution in [0.15, 0.2) is 36.7 Å². The van der Waals surface area contributed by atoms with Gasteiger partial charge in [0.25, 0.3) is 0 Å². The van der Waals surface area contributed by atoms with Gasteiger partial charge in [-0.2, -0.15) is 5.10 Å². The molecule has 2 aromatic rings. The molecule has 1 fully saturated rings. The van der Waals surface area contributed by atoms with Crippen LogP contribution < -0.4 is 5.32 Å². The Morgan fingerprint density at radius 2 is 2.00 bits per heavy atom. The number of anilines is 1. The standard InChI is InChI=1S/C17H21ClN4O3S/c1-26(24,25)22-8-6-13(7-9-22)17(23)20-15-10-19-21(12-15)11-14-4-2-3-5-16(14)18/h2-5,10,12-13H,6-9,11H2,1H3,(H,20,23). The second-order valence-electron chi connectivity index (χ2n) is 6.44. The zero-order valence-corrected chi connectivity index (χ0v) is 16.0. The van der Waals surface area contributed by atoms with E-state index in [9.17, 15) is 13.2 Å². The molecule has 3 rings (SSSR count). The number of halogens is 1. The summed E-state index contributed by atoms with van der Waals surface area (Å²) in [6, 6.07) is 7.54. The molecule has 0 spiro atoms. The van der Waals surface area contributed by atoms with E-state index in [2.05, 4.69) is 10.4 Å². The van der Waals surface area contributed by atoms with Crippen LogP contribution in [0, 0.1) is 5.92 Å². The minimum Gasteiger partial charge on any atom is -0.323 e. The van der Waals surface area contributed by atoms with Gasteiger partial charge >= 0.3 is 0 Å². The first-order valence-corrected chi connectivity index (χ1v) is 10.6. The van der Waals surface area contributed by atoms with Gasteiger partial charge in [-0.05, 0) is 24.5 Å². The lowest BCUT2D eigenvalue weighted by atomic mass is 9.97. The molecule has 1 aromatic carbocycles. The molecule has 1 amide bonds. The lowest BCUT2D eigenvalue weighted by Crippen LogP contribution is -2.40. The van der Waals surface area contributed by atoms with Crippen molar-refractivity contribution >= 4 is 33.2 Å². The van der Waals surface area contributed by atoms with Crippen LogP contribution in [0.3, 0.4) is 0 Å². The maximum absolute atomic E-state index is 12.4. The number of hydrogen-bond acceptors (Lipinski definition) is 4. The predicted octanol–water partition coefficient (Wildman–Crippen LogP) is 2.19. The third-order valence-electron chi connectivity index (χ3n) is 4.48. The van der Waals surface area contributed by atoms with E-state index in [1.54, 1.807) is 17.1 Å². The van der Waals surface area contributed by atoms with Crippen LogP contribution in [0.1, 0.15) is 18.4 Å². The van der Waals surface area contributed by atoms with Crippen molar-refractivity contribution < 1.29 is 13.2 Å². The van der Waals surface area contributed by atoms with Crippen LogP contribution in [0.25, 0.3) is 0 Å². The molecule has 1 N–H and O–H groups in total. The Bertz CT molecular complexity index is 889. The van der Waals surface area contributed by atoms with E-state index in [-0.39, 0.29) is 11.8 Å². The second-order valence-corrected chi connectivity index (χ2v) is 8.83. The molecule has 1 aliphatic heterocycles. The molecule has 0 atom stereocenters. The molecule has 1 saturated heterocycles. The van der Waals surface area contributed by atoms with Crippen molar-refractivity contribution in [2.45, 2.75) is 19.4 Å². The number of amides is 1. The van der Waals surface area contributed by atoms with Gasteiger partial charge in [0.05, 0.1) is 24.7 Å². The number of rotatable bonds is 5. The zero-order chi connectivity index (χ0) is 18.7. The highest BCUT2D eigenvalue weighted by Crippen LogP contribution is 2.21. The molecule has 1 aromatic heterocycles. The van der Waals surface area contributed by atoms with Gasteiger partial charge in [0, 0.05) is 30.2 Å². The Kier molecular flexibility index (Phi) is 5.64. The first-order chi connectivity index (χ1) is 12.3. The molecular formula is C17H21ClN4O3S. The topological polar surface area (TPSA) is 84.3 Å². The smallest absolute Gasteiger partial charge is 0.227 e. The van der Waals surface area contributed by atoms with Crippen molar-refractivity contribution in [3.63, 3.8) is 0 Å². The summed E-state index contributed by atoms with van der Waals surface area (Å²) in [4.78, 5) is 12.4. The van der Waals surface area contributed by atoms with Gasteiger partial charge in [-0.25, -0.2) is 12.7 Å². The minimum absolute atomic E-state index is 0.101. The summed E-state index contributed by atoms with van der Waals surface area (Å²) >= 11 is 6.15. The highest BCUT2D eigenvalue weighted by Gasteiger charge is 2.29. The SMILES string of the molecule is CS(=O)(=O)N1CCC(C(=O)Nc2cnn(Cc3ccccc3Cl)c2)CC1. The van der Waals surface area contributed by atoms with Gasteiger partial charge < -0.3 is 5.32 Å². The highest BCUT2D eigenvalue weighted by atomic mass is 35.5. The van der Waals surface area contributed by atoms with Gasteiger partial charge in [0.2, 0.25) is 15.9 Å². The quantitative estimate of drug-likeness (QED) is 0.839. The Balaban J connectivity index is 1.56. The largest absolute Gasteiger partial charge is 0.323 e. The van der Waals surface area contributed by atoms with Gasteiger partial charge in [-0.15, -0.1) is 0 Å². The predicted molar refractivity (Wildman–Crippen MR) is 101 cm³/mol. The number of nitrogens with zero attached hydrogens (tertiary/aromatic N) is 3. The average molecular weight is 397 g/mol. The number of benzene rings is 1. The number of hydrogen-bond donors (Lipinski definition) is 1. The molecule has 26 heavy (non-hydrogen) atoms. The molecule has 2 heterocycles. The number of carbonyl (C=O) groups is 1. The maximum Gasteiger partial charge on any atom is 0.227 e. The van der Waals surface area contributed by atoms with E-state index in [1.165, 1.54) is 10.6 Å². The van der Waals surface area contributed by atoms with Crippen LogP contribution in [-0.4, -0.2) is 47.8 Å². The lowest BCUT2D eigenvalue weighted by Gasteiger charge is -2.29. The number of sulfonamides is 1. The maximum atomic E-state index is 12.4. The molecule has 140 valence electrons. The Labute approximate surface area is 158 Å². The summed E-state index contributed by atoms with van der Waals surface area (Å²) in [7, 11) is -3.19. The Morgan fingerprint density at radius 1 is 1.31 bits per heavy atom. The Morgan fingerprint density at radius 3 is 2.65 bits per heavy atom. The van der Waals surface area contributed by atoms with E-state index < -0.39 is 10.0 Å². The zero-order valence-electron chi connectivity index (χ0n) is 14.4. The monoisotopic (exact) mass is 396 g/mol. The van der Waals surface area contributed by atoms with Crippen molar-refractivity contribution in [2.24, 2.45) is 5.92 Å². The third-order valence-corrected chi connectivity index (χ3v) is 6.16. The van der Waals surface area contributed by atoms with E-state index in [0.29, 0.717) is 43.2 Å². The summed E-state index contributed by atoms with van der Waals surface area (Å²) < 4.78 is 26.2. The first-order valence-electron chi connectivity index (χ1n) is 8.35. The van der Waals surface area contributed by atoms with Crippen LogP contribution in [-0.2, 0) is 21.4 Å². The summed E-state index contributed by atoms with van der Waals surface area (Å²) in [6.07, 6.45) is 5.59. The summed E-state index contributed by atoms with van der Waals surface area (Å²) in [5, 5.41) is 7.79. The molecular weight excluding hydrogens is 376 g/mol. The number of aromatic nitrogens is 2. The molecule has 0 aliphatic carbocycles. The van der Waals surface area contributed by atoms with E-state index in [1.807, 2.05) is 24.3 Å². The average Bonchev–Trinajstić information content (AvgIpc) is 3.03. The highest BCUT2D eigenvalue weighted by molar-refractivity contribution is 7.88. The number of nitrogens with one attached hydrogen (secondary N) is 1. The van der Waals surface area contributed by atoms with Gasteiger partial charge in [0.1, 0.15) is 0 Å². The number of piperidine rings is 1. The van der Waals surface area contributed by atoms with Gasteiger partial charge in [-0.1, -0.05) is 29.8 Å². The summed E-state index contributed by atoms with van der Waals surface area (Å²) in [6.45, 7) is 1.27. The van der Waals surface area contributed by atoms with E-state index in [0.717, 1.165) is 5.56 Å². The van der Waals surface area contributed by atoms with Crippen LogP contribution in [0.4, 0.5) is 5.69 Å². The molecule has 0 bridgehead atoms. The van der Waals surface area contributed by atoms with Crippen molar-refractivity contribution in [1.82, 2.24) is 14.1 Å². The summed E-state index contributed by atoms with van der Waals surface area (Å²) in [5.41, 5.74) is 1.57. The lowest BCUT2D eigenvalue weighted by molar-refractivity contribution is -0.120. The molecule has 9 heteroatoms. The van der Waals surface area contributed by atoms with Crippen molar-refractivity contribution in [3.05, 3.63) is 47.2 Å². The van der Waals surface area contributed by atoms with Crippen LogP contribution in [0.2, 0.25) is 5.02 Å². The molecule has 1 aliphatic rings. The van der Waals surface area contributed by atoms with E-state index >= 15 is 0 Å². The molecule has 0 radical (unpaired) electrons. The summed E-state index contributed by atoms with van der Waals surface area (Å²) in [5.74, 6) is -0.296. The van der Waals surface area contributed by atoms with Crippen molar-refractivity contribution in [3.8, 4) is 0 Å². The van der Waals surface area contributed by atoms with Gasteiger partial charge in [-0.3, -0.25) is 9.48 Å². The van der Waals surface area contributed by atoms with Gasteiger partial charge in [0.15, 0.2) is 0 Å². The van der Waals surface area contributed by atoms with Crippen LogP contribution in [0.5, 0.6) is 0 Å². The fourth-order valence-corrected chi connectivity index (χ4v) is 4.08. The molecule has 0 unspecified atom stereocenters. The minimum atomic E-state index is -3.19. The Hall–Kier alpha value is -1.90. The first kappa shape index (κ1) is 18.9. The van der Waals surface area contributed by atoms with Crippen molar-refractivity contribution in [1.29, 1.82) is 0 Å². The van der Waals surface area contributed by atoms with Crippen molar-refractivity contribution in [2.75, 3.05) is 24.7 Å². The van der Waals surface area contributed by atoms with E-state index in [4.69, 9.17) is 11.6 Å². The van der Waals surface area contributed by atoms with Crippen LogP contribution >= 0.6 is 11.6 Å². The fraction of sp³-hybridized carbons (Fsp3) is 0.412. The molecule has 7 nitrogen and oxygen atoms in total. The third kappa shape index (κ3) is 4.63. The fourth-order valence-electron chi connectivity index (χ4n) is 3.01. The normalized spacial score (nSPS) is 16.5.